The Morgan fingerprint density at radius 3 is 2.59 bits per heavy atom. The molecule has 1 rings (SSSR count). The molecule has 0 aromatic heterocycles. The summed E-state index contributed by atoms with van der Waals surface area (Å²) in [5.74, 6) is 0. The zero-order valence-electron chi connectivity index (χ0n) is 9.70. The van der Waals surface area contributed by atoms with Gasteiger partial charge in [0.2, 0.25) is 0 Å². The first-order valence-corrected chi connectivity index (χ1v) is 6.59. The Morgan fingerprint density at radius 2 is 1.88 bits per heavy atom. The number of benzene rings is 1. The summed E-state index contributed by atoms with van der Waals surface area (Å²) in [5, 5.41) is 12.6. The molecule has 1 N–H and O–H groups in total. The molecule has 4 heteroatoms. The maximum Gasteiger partial charge on any atom is 0.0452 e. The Kier molecular flexibility index (Phi) is 7.06. The number of hydrogen-bond donors (Lipinski definition) is 1. The highest BCUT2D eigenvalue weighted by Gasteiger charge is 2.00. The van der Waals surface area contributed by atoms with Gasteiger partial charge in [-0.1, -0.05) is 42.1 Å². The molecule has 94 valence electrons. The van der Waals surface area contributed by atoms with Crippen LogP contribution in [0.2, 0.25) is 10.0 Å². The maximum absolute atomic E-state index is 8.21. The Labute approximate surface area is 112 Å². The molecule has 0 fully saturated rings. The first-order valence-electron chi connectivity index (χ1n) is 5.84. The van der Waals surface area contributed by atoms with Gasteiger partial charge in [0.25, 0.3) is 0 Å². The van der Waals surface area contributed by atoms with Crippen molar-refractivity contribution in [1.82, 2.24) is 0 Å². The van der Waals surface area contributed by atoms with Gasteiger partial charge in [0, 0.05) is 16.3 Å². The number of hydrogen-bond acceptors (Lipinski definition) is 2. The molecule has 0 saturated carbocycles. The average Bonchev–Trinajstić information content (AvgIpc) is 2.30. The summed E-state index contributed by atoms with van der Waals surface area (Å²) >= 11 is 11.9. The summed E-state index contributed by atoms with van der Waals surface area (Å²) in [7, 11) is 0. The molecule has 0 heterocycles. The van der Waals surface area contributed by atoms with Crippen molar-refractivity contribution in [3.05, 3.63) is 33.8 Å². The summed E-state index contributed by atoms with van der Waals surface area (Å²) in [6, 6.07) is 5.65. The van der Waals surface area contributed by atoms with E-state index in [4.69, 9.17) is 28.4 Å². The minimum Gasteiger partial charge on any atom is -0.411 e. The minimum absolute atomic E-state index is 0.682. The van der Waals surface area contributed by atoms with Crippen LogP contribution in [0.4, 0.5) is 0 Å². The summed E-state index contributed by atoms with van der Waals surface area (Å²) < 4.78 is 0. The van der Waals surface area contributed by atoms with Gasteiger partial charge >= 0.3 is 0 Å². The Morgan fingerprint density at radius 1 is 1.12 bits per heavy atom. The highest BCUT2D eigenvalue weighted by molar-refractivity contribution is 6.35. The molecule has 0 amide bonds. The molecule has 0 atom stereocenters. The van der Waals surface area contributed by atoms with E-state index in [1.165, 1.54) is 6.21 Å². The number of oxime groups is 1. The lowest BCUT2D eigenvalue weighted by Gasteiger charge is -2.04. The molecule has 0 bridgehead atoms. The first-order chi connectivity index (χ1) is 8.24. The van der Waals surface area contributed by atoms with E-state index in [9.17, 15) is 0 Å². The van der Waals surface area contributed by atoms with Crippen LogP contribution in [0.25, 0.3) is 0 Å². The van der Waals surface area contributed by atoms with E-state index < -0.39 is 0 Å². The van der Waals surface area contributed by atoms with Crippen molar-refractivity contribution >= 4 is 29.4 Å². The van der Waals surface area contributed by atoms with Crippen LogP contribution < -0.4 is 0 Å². The lowest BCUT2D eigenvalue weighted by atomic mass is 10.1. The fourth-order valence-electron chi connectivity index (χ4n) is 1.69. The molecule has 17 heavy (non-hydrogen) atoms. The summed E-state index contributed by atoms with van der Waals surface area (Å²) in [5.41, 5.74) is 1.16. The smallest absolute Gasteiger partial charge is 0.0452 e. The number of rotatable bonds is 7. The quantitative estimate of drug-likeness (QED) is 0.324. The van der Waals surface area contributed by atoms with Crippen LogP contribution in [-0.4, -0.2) is 11.4 Å². The van der Waals surface area contributed by atoms with E-state index >= 15 is 0 Å². The number of halogens is 2. The standard InChI is InChI=1S/C13H17Cl2NO/c14-12-8-7-11(13(15)10-12)6-4-2-1-3-5-9-16-17/h7-10,17H,1-6H2/b16-9+. The fourth-order valence-corrected chi connectivity index (χ4v) is 2.19. The second-order valence-corrected chi connectivity index (χ2v) is 4.83. The molecule has 1 aromatic carbocycles. The van der Waals surface area contributed by atoms with Crippen molar-refractivity contribution in [2.75, 3.05) is 0 Å². The van der Waals surface area contributed by atoms with Gasteiger partial charge in [0.05, 0.1) is 0 Å². The molecular weight excluding hydrogens is 257 g/mol. The second kappa shape index (κ2) is 8.37. The molecule has 0 radical (unpaired) electrons. The SMILES string of the molecule is O/N=C/CCCCCCc1ccc(Cl)cc1Cl. The highest BCUT2D eigenvalue weighted by Crippen LogP contribution is 2.22. The Balaban J connectivity index is 2.18. The van der Waals surface area contributed by atoms with Crippen LogP contribution in [0.5, 0.6) is 0 Å². The van der Waals surface area contributed by atoms with E-state index in [2.05, 4.69) is 5.16 Å². The predicted octanol–water partition coefficient (Wildman–Crippen LogP) is 4.95. The Hall–Kier alpha value is -0.730. The van der Waals surface area contributed by atoms with Crippen LogP contribution >= 0.6 is 23.2 Å². The van der Waals surface area contributed by atoms with E-state index in [-0.39, 0.29) is 0 Å². The second-order valence-electron chi connectivity index (χ2n) is 3.99. The lowest BCUT2D eigenvalue weighted by Crippen LogP contribution is -1.88. The normalized spacial score (nSPS) is 11.2. The molecule has 0 aliphatic rings. The summed E-state index contributed by atoms with van der Waals surface area (Å²) in [6.45, 7) is 0. The summed E-state index contributed by atoms with van der Waals surface area (Å²) in [6.07, 6.45) is 7.88. The van der Waals surface area contributed by atoms with Crippen molar-refractivity contribution in [2.24, 2.45) is 5.16 Å². The van der Waals surface area contributed by atoms with Crippen molar-refractivity contribution < 1.29 is 5.21 Å². The van der Waals surface area contributed by atoms with Crippen molar-refractivity contribution in [1.29, 1.82) is 0 Å². The molecule has 0 spiro atoms. The molecular formula is C13H17Cl2NO. The average molecular weight is 274 g/mol. The zero-order chi connectivity index (χ0) is 12.5. The third-order valence-electron chi connectivity index (χ3n) is 2.63. The summed E-state index contributed by atoms with van der Waals surface area (Å²) in [4.78, 5) is 0. The van der Waals surface area contributed by atoms with E-state index in [1.54, 1.807) is 6.07 Å². The van der Waals surface area contributed by atoms with Crippen LogP contribution in [0, 0.1) is 0 Å². The van der Waals surface area contributed by atoms with Crippen molar-refractivity contribution in [3.8, 4) is 0 Å². The van der Waals surface area contributed by atoms with Gasteiger partial charge in [0.1, 0.15) is 0 Å². The van der Waals surface area contributed by atoms with Gasteiger partial charge in [-0.15, -0.1) is 5.16 Å². The van der Waals surface area contributed by atoms with Gasteiger partial charge in [-0.2, -0.15) is 0 Å². The Bertz CT molecular complexity index is 366. The van der Waals surface area contributed by atoms with Crippen LogP contribution in [0.15, 0.2) is 23.4 Å². The first kappa shape index (κ1) is 14.3. The molecule has 0 aliphatic heterocycles. The topological polar surface area (TPSA) is 32.6 Å². The van der Waals surface area contributed by atoms with Crippen molar-refractivity contribution in [3.63, 3.8) is 0 Å². The minimum atomic E-state index is 0.682. The molecule has 0 aliphatic carbocycles. The molecule has 2 nitrogen and oxygen atoms in total. The number of aryl methyl sites for hydroxylation is 1. The third kappa shape index (κ3) is 5.94. The van der Waals surface area contributed by atoms with Crippen molar-refractivity contribution in [2.45, 2.75) is 38.5 Å². The fraction of sp³-hybridized carbons (Fsp3) is 0.462. The third-order valence-corrected chi connectivity index (χ3v) is 3.21. The monoisotopic (exact) mass is 273 g/mol. The van der Waals surface area contributed by atoms with E-state index in [1.807, 2.05) is 12.1 Å². The molecule has 0 unspecified atom stereocenters. The van der Waals surface area contributed by atoms with Crippen LogP contribution in [0.1, 0.15) is 37.7 Å². The van der Waals surface area contributed by atoms with Gasteiger partial charge in [0.15, 0.2) is 0 Å². The number of unbranched alkanes of at least 4 members (excludes halogenated alkanes) is 4. The van der Waals surface area contributed by atoms with Gasteiger partial charge < -0.3 is 5.21 Å². The lowest BCUT2D eigenvalue weighted by molar-refractivity contribution is 0.320. The molecule has 1 aromatic rings. The van der Waals surface area contributed by atoms with Gasteiger partial charge in [-0.05, 0) is 43.4 Å². The van der Waals surface area contributed by atoms with E-state index in [0.29, 0.717) is 5.02 Å². The van der Waals surface area contributed by atoms with Gasteiger partial charge in [-0.25, -0.2) is 0 Å². The number of nitrogens with zero attached hydrogens (tertiary/aromatic N) is 1. The van der Waals surface area contributed by atoms with Crippen LogP contribution in [-0.2, 0) is 6.42 Å². The largest absolute Gasteiger partial charge is 0.411 e. The van der Waals surface area contributed by atoms with E-state index in [0.717, 1.165) is 49.1 Å². The maximum atomic E-state index is 8.21. The van der Waals surface area contributed by atoms with Gasteiger partial charge in [-0.3, -0.25) is 0 Å². The zero-order valence-corrected chi connectivity index (χ0v) is 11.2. The highest BCUT2D eigenvalue weighted by atomic mass is 35.5. The van der Waals surface area contributed by atoms with Crippen LogP contribution in [0.3, 0.4) is 0 Å². The predicted molar refractivity (Wildman–Crippen MR) is 73.5 cm³/mol. The molecule has 0 saturated heterocycles.